The minimum Gasteiger partial charge on any atom is -0.454 e. The summed E-state index contributed by atoms with van der Waals surface area (Å²) in [5, 5.41) is 11.2. The predicted octanol–water partition coefficient (Wildman–Crippen LogP) is 3.53. The summed E-state index contributed by atoms with van der Waals surface area (Å²) in [6.45, 7) is 8.46. The van der Waals surface area contributed by atoms with Gasteiger partial charge in [-0.15, -0.1) is 24.0 Å². The molecule has 1 aliphatic rings. The number of aryl methyl sites for hydroxylation is 2. The third kappa shape index (κ3) is 5.90. The van der Waals surface area contributed by atoms with E-state index in [1.54, 1.807) is 0 Å². The molecule has 4 rings (SSSR count). The van der Waals surface area contributed by atoms with E-state index >= 15 is 0 Å². The van der Waals surface area contributed by atoms with Crippen LogP contribution in [0.1, 0.15) is 29.4 Å². The highest BCUT2D eigenvalue weighted by atomic mass is 127. The summed E-state index contributed by atoms with van der Waals surface area (Å²) in [5.41, 5.74) is 4.28. The number of benzene rings is 1. The molecule has 0 spiro atoms. The van der Waals surface area contributed by atoms with E-state index in [4.69, 9.17) is 9.47 Å². The lowest BCUT2D eigenvalue weighted by Crippen LogP contribution is -2.38. The highest BCUT2D eigenvalue weighted by Crippen LogP contribution is 2.32. The molecule has 9 heteroatoms. The van der Waals surface area contributed by atoms with E-state index in [0.717, 1.165) is 59.7 Å². The van der Waals surface area contributed by atoms with Gasteiger partial charge in [0.15, 0.2) is 23.3 Å². The van der Waals surface area contributed by atoms with Gasteiger partial charge in [-0.25, -0.2) is 14.7 Å². The number of aromatic nitrogens is 3. The number of guanidine groups is 1. The largest absolute Gasteiger partial charge is 0.454 e. The fourth-order valence-electron chi connectivity index (χ4n) is 3.43. The third-order valence-corrected chi connectivity index (χ3v) is 4.94. The number of ether oxygens (including phenoxy) is 2. The maximum Gasteiger partial charge on any atom is 0.231 e. The minimum absolute atomic E-state index is 0. The van der Waals surface area contributed by atoms with Crippen LogP contribution in [0.4, 0.5) is 0 Å². The second kappa shape index (κ2) is 11.2. The van der Waals surface area contributed by atoms with E-state index in [1.807, 2.05) is 55.1 Å². The first-order valence-electron chi connectivity index (χ1n) is 10.5. The van der Waals surface area contributed by atoms with Crippen LogP contribution in [-0.2, 0) is 13.0 Å². The van der Waals surface area contributed by atoms with E-state index in [-0.39, 0.29) is 24.0 Å². The predicted molar refractivity (Wildman–Crippen MR) is 135 cm³/mol. The number of rotatable bonds is 7. The zero-order valence-electron chi connectivity index (χ0n) is 18.6. The number of nitrogens with one attached hydrogen (secondary N) is 2. The van der Waals surface area contributed by atoms with Crippen LogP contribution in [0.5, 0.6) is 11.5 Å². The molecule has 0 amide bonds. The van der Waals surface area contributed by atoms with Gasteiger partial charge in [0.2, 0.25) is 6.79 Å². The number of pyridine rings is 1. The molecule has 32 heavy (non-hydrogen) atoms. The average Bonchev–Trinajstić information content (AvgIpc) is 3.37. The van der Waals surface area contributed by atoms with E-state index in [0.29, 0.717) is 13.3 Å². The van der Waals surface area contributed by atoms with Crippen molar-refractivity contribution >= 4 is 29.9 Å². The highest BCUT2D eigenvalue weighted by molar-refractivity contribution is 14.0. The van der Waals surface area contributed by atoms with Crippen LogP contribution in [0.15, 0.2) is 47.6 Å². The van der Waals surface area contributed by atoms with Crippen molar-refractivity contribution in [2.24, 2.45) is 4.99 Å². The number of hydrogen-bond donors (Lipinski definition) is 2. The molecule has 0 fully saturated rings. The standard InChI is InChI=1S/C23H28N6O2.HI/c1-4-24-23(25-10-9-18-5-7-20-21(12-18)31-15-30-20)27-14-19-6-8-22(26-13-19)29-17(3)11-16(2)28-29;/h5-8,11-13H,4,9-10,14-15H2,1-3H3,(H2,24,25,27);1H. The lowest BCUT2D eigenvalue weighted by molar-refractivity contribution is 0.174. The molecule has 0 saturated heterocycles. The Bertz CT molecular complexity index is 1060. The zero-order valence-corrected chi connectivity index (χ0v) is 20.9. The summed E-state index contributed by atoms with van der Waals surface area (Å²) < 4.78 is 12.7. The molecular formula is C23H29IN6O2. The van der Waals surface area contributed by atoms with Crippen LogP contribution < -0.4 is 20.1 Å². The number of fused-ring (bicyclic) bond motifs is 1. The van der Waals surface area contributed by atoms with Crippen molar-refractivity contribution in [2.75, 3.05) is 19.9 Å². The third-order valence-electron chi connectivity index (χ3n) is 4.94. The molecule has 8 nitrogen and oxygen atoms in total. The van der Waals surface area contributed by atoms with Crippen molar-refractivity contribution in [3.63, 3.8) is 0 Å². The molecule has 0 unspecified atom stereocenters. The molecular weight excluding hydrogens is 519 g/mol. The van der Waals surface area contributed by atoms with Crippen LogP contribution in [0.2, 0.25) is 0 Å². The SMILES string of the molecule is CCNC(=NCc1ccc(-n2nc(C)cc2C)nc1)NCCc1ccc2c(c1)OCO2.I. The van der Waals surface area contributed by atoms with Crippen LogP contribution in [-0.4, -0.2) is 40.6 Å². The fraction of sp³-hybridized carbons (Fsp3) is 0.348. The van der Waals surface area contributed by atoms with Crippen LogP contribution in [0.3, 0.4) is 0 Å². The molecule has 0 aliphatic carbocycles. The molecule has 2 N–H and O–H groups in total. The van der Waals surface area contributed by atoms with Gasteiger partial charge in [-0.1, -0.05) is 12.1 Å². The first-order valence-corrected chi connectivity index (χ1v) is 10.5. The normalized spacial score (nSPS) is 12.4. The van der Waals surface area contributed by atoms with Gasteiger partial charge in [0.05, 0.1) is 12.2 Å². The Morgan fingerprint density at radius 1 is 1.06 bits per heavy atom. The van der Waals surface area contributed by atoms with Crippen molar-refractivity contribution in [2.45, 2.75) is 33.7 Å². The molecule has 170 valence electrons. The van der Waals surface area contributed by atoms with Gasteiger partial charge in [0.1, 0.15) is 0 Å². The van der Waals surface area contributed by atoms with Gasteiger partial charge in [0.25, 0.3) is 0 Å². The van der Waals surface area contributed by atoms with E-state index < -0.39 is 0 Å². The Kier molecular flexibility index (Phi) is 8.32. The summed E-state index contributed by atoms with van der Waals surface area (Å²) in [7, 11) is 0. The lowest BCUT2D eigenvalue weighted by Gasteiger charge is -2.11. The minimum atomic E-state index is 0. The lowest BCUT2D eigenvalue weighted by atomic mass is 10.1. The molecule has 3 heterocycles. The first kappa shape index (κ1) is 23.8. The Balaban J connectivity index is 0.00000289. The van der Waals surface area contributed by atoms with Crippen molar-refractivity contribution in [1.82, 2.24) is 25.4 Å². The van der Waals surface area contributed by atoms with Crippen LogP contribution in [0, 0.1) is 13.8 Å². The maximum absolute atomic E-state index is 5.45. The van der Waals surface area contributed by atoms with Crippen LogP contribution >= 0.6 is 24.0 Å². The molecule has 0 bridgehead atoms. The van der Waals surface area contributed by atoms with Crippen molar-refractivity contribution in [3.05, 3.63) is 65.1 Å². The quantitative estimate of drug-likeness (QED) is 0.267. The molecule has 0 atom stereocenters. The first-order chi connectivity index (χ1) is 15.1. The smallest absolute Gasteiger partial charge is 0.231 e. The molecule has 1 aromatic carbocycles. The number of nitrogens with zero attached hydrogens (tertiary/aromatic N) is 4. The topological polar surface area (TPSA) is 85.6 Å². The summed E-state index contributed by atoms with van der Waals surface area (Å²) in [6, 6.07) is 12.1. The molecule has 1 aliphatic heterocycles. The fourth-order valence-corrected chi connectivity index (χ4v) is 3.43. The van der Waals surface area contributed by atoms with E-state index in [2.05, 4.69) is 38.7 Å². The van der Waals surface area contributed by atoms with Crippen LogP contribution in [0.25, 0.3) is 5.82 Å². The summed E-state index contributed by atoms with van der Waals surface area (Å²) in [6.07, 6.45) is 2.71. The number of halogens is 1. The zero-order chi connectivity index (χ0) is 21.6. The maximum atomic E-state index is 5.45. The highest BCUT2D eigenvalue weighted by Gasteiger charge is 2.13. The Morgan fingerprint density at radius 2 is 1.88 bits per heavy atom. The van der Waals surface area contributed by atoms with Gasteiger partial charge < -0.3 is 20.1 Å². The number of aliphatic imine (C=N–C) groups is 1. The Labute approximate surface area is 205 Å². The second-order valence-electron chi connectivity index (χ2n) is 7.42. The summed E-state index contributed by atoms with van der Waals surface area (Å²) in [5.74, 6) is 3.22. The summed E-state index contributed by atoms with van der Waals surface area (Å²) >= 11 is 0. The monoisotopic (exact) mass is 548 g/mol. The van der Waals surface area contributed by atoms with E-state index in [1.165, 1.54) is 5.56 Å². The molecule has 0 saturated carbocycles. The number of hydrogen-bond acceptors (Lipinski definition) is 5. The molecule has 0 radical (unpaired) electrons. The van der Waals surface area contributed by atoms with Crippen molar-refractivity contribution < 1.29 is 9.47 Å². The Morgan fingerprint density at radius 3 is 2.59 bits per heavy atom. The van der Waals surface area contributed by atoms with Crippen molar-refractivity contribution in [1.29, 1.82) is 0 Å². The summed E-state index contributed by atoms with van der Waals surface area (Å²) in [4.78, 5) is 9.23. The van der Waals surface area contributed by atoms with Gasteiger partial charge in [-0.3, -0.25) is 0 Å². The van der Waals surface area contributed by atoms with Gasteiger partial charge in [-0.2, -0.15) is 5.10 Å². The van der Waals surface area contributed by atoms with Gasteiger partial charge >= 0.3 is 0 Å². The molecule has 2 aromatic heterocycles. The average molecular weight is 548 g/mol. The Hall–Kier alpha value is -2.82. The second-order valence-corrected chi connectivity index (χ2v) is 7.42. The van der Waals surface area contributed by atoms with E-state index in [9.17, 15) is 0 Å². The van der Waals surface area contributed by atoms with Gasteiger partial charge in [-0.05, 0) is 62.6 Å². The van der Waals surface area contributed by atoms with Crippen molar-refractivity contribution in [3.8, 4) is 17.3 Å². The van der Waals surface area contributed by atoms with Gasteiger partial charge in [0, 0.05) is 25.0 Å². The molecule has 3 aromatic rings.